The predicted octanol–water partition coefficient (Wildman–Crippen LogP) is 2.69. The molecule has 6 heteroatoms. The van der Waals surface area contributed by atoms with Crippen LogP contribution in [0.25, 0.3) is 0 Å². The van der Waals surface area contributed by atoms with Crippen LogP contribution in [0, 0.1) is 11.7 Å². The van der Waals surface area contributed by atoms with Gasteiger partial charge < -0.3 is 15.7 Å². The smallest absolute Gasteiger partial charge is 0.340 e. The molecule has 0 spiro atoms. The third kappa shape index (κ3) is 3.94. The van der Waals surface area contributed by atoms with Crippen molar-refractivity contribution in [2.75, 3.05) is 5.32 Å². The van der Waals surface area contributed by atoms with Gasteiger partial charge in [-0.05, 0) is 25.0 Å². The summed E-state index contributed by atoms with van der Waals surface area (Å²) in [5.74, 6) is -2.08. The Hall–Kier alpha value is -2.11. The average Bonchev–Trinajstić information content (AvgIpc) is 2.27. The lowest BCUT2D eigenvalue weighted by atomic mass is 10.1. The van der Waals surface area contributed by atoms with Crippen molar-refractivity contribution in [1.82, 2.24) is 5.32 Å². The van der Waals surface area contributed by atoms with Crippen LogP contribution in [0.2, 0.25) is 0 Å². The first-order valence-electron chi connectivity index (χ1n) is 5.92. The van der Waals surface area contributed by atoms with Gasteiger partial charge in [-0.3, -0.25) is 0 Å². The van der Waals surface area contributed by atoms with E-state index in [1.54, 1.807) is 0 Å². The van der Waals surface area contributed by atoms with E-state index in [2.05, 4.69) is 10.6 Å². The zero-order valence-electron chi connectivity index (χ0n) is 11.0. The van der Waals surface area contributed by atoms with Crippen molar-refractivity contribution in [2.24, 2.45) is 5.92 Å². The first-order valence-corrected chi connectivity index (χ1v) is 5.92. The van der Waals surface area contributed by atoms with Crippen LogP contribution in [0.5, 0.6) is 0 Å². The summed E-state index contributed by atoms with van der Waals surface area (Å²) in [6.45, 7) is 5.71. The normalized spacial score (nSPS) is 12.1. The van der Waals surface area contributed by atoms with Crippen LogP contribution in [-0.2, 0) is 0 Å². The van der Waals surface area contributed by atoms with Crippen LogP contribution in [0.4, 0.5) is 14.9 Å². The zero-order chi connectivity index (χ0) is 14.6. The van der Waals surface area contributed by atoms with Crippen LogP contribution in [0.3, 0.4) is 0 Å². The minimum atomic E-state index is -1.43. The lowest BCUT2D eigenvalue weighted by Crippen LogP contribution is -2.39. The number of anilines is 1. The number of carbonyl (C=O) groups excluding carboxylic acids is 1. The summed E-state index contributed by atoms with van der Waals surface area (Å²) in [4.78, 5) is 22.6. The van der Waals surface area contributed by atoms with Gasteiger partial charge in [0, 0.05) is 6.04 Å². The summed E-state index contributed by atoms with van der Waals surface area (Å²) in [5, 5.41) is 13.9. The Labute approximate surface area is 110 Å². The summed E-state index contributed by atoms with van der Waals surface area (Å²) >= 11 is 0. The minimum Gasteiger partial charge on any atom is -0.478 e. The number of rotatable bonds is 4. The molecule has 0 heterocycles. The van der Waals surface area contributed by atoms with Gasteiger partial charge in [0.05, 0.1) is 5.69 Å². The summed E-state index contributed by atoms with van der Waals surface area (Å²) in [7, 11) is 0. The fourth-order valence-corrected chi connectivity index (χ4v) is 1.38. The number of hydrogen-bond acceptors (Lipinski definition) is 2. The third-order valence-electron chi connectivity index (χ3n) is 2.83. The minimum absolute atomic E-state index is 0.0686. The van der Waals surface area contributed by atoms with Crippen molar-refractivity contribution in [3.63, 3.8) is 0 Å². The first kappa shape index (κ1) is 14.9. The van der Waals surface area contributed by atoms with Crippen molar-refractivity contribution >= 4 is 17.7 Å². The molecule has 0 radical (unpaired) electrons. The van der Waals surface area contributed by atoms with Gasteiger partial charge in [0.2, 0.25) is 0 Å². The van der Waals surface area contributed by atoms with Gasteiger partial charge in [0.1, 0.15) is 11.4 Å². The summed E-state index contributed by atoms with van der Waals surface area (Å²) in [6, 6.07) is 3.06. The van der Waals surface area contributed by atoms with Crippen molar-refractivity contribution in [3.05, 3.63) is 29.6 Å². The molecule has 1 atom stereocenters. The van der Waals surface area contributed by atoms with E-state index < -0.39 is 23.4 Å². The molecule has 3 N–H and O–H groups in total. The van der Waals surface area contributed by atoms with Gasteiger partial charge >= 0.3 is 12.0 Å². The quantitative estimate of drug-likeness (QED) is 0.785. The summed E-state index contributed by atoms with van der Waals surface area (Å²) in [6.07, 6.45) is 0. The van der Waals surface area contributed by atoms with Gasteiger partial charge in [-0.1, -0.05) is 19.9 Å². The van der Waals surface area contributed by atoms with Gasteiger partial charge in [-0.25, -0.2) is 14.0 Å². The molecule has 0 aliphatic rings. The number of hydrogen-bond donors (Lipinski definition) is 3. The molecule has 2 amide bonds. The fraction of sp³-hybridized carbons (Fsp3) is 0.385. The molecule has 104 valence electrons. The van der Waals surface area contributed by atoms with E-state index >= 15 is 0 Å². The van der Waals surface area contributed by atoms with E-state index in [9.17, 15) is 14.0 Å². The van der Waals surface area contributed by atoms with Gasteiger partial charge in [-0.15, -0.1) is 0 Å². The third-order valence-corrected chi connectivity index (χ3v) is 2.83. The molecule has 1 aromatic carbocycles. The lowest BCUT2D eigenvalue weighted by molar-refractivity contribution is 0.0693. The number of amides is 2. The highest BCUT2D eigenvalue weighted by Gasteiger charge is 2.18. The van der Waals surface area contributed by atoms with Crippen molar-refractivity contribution in [1.29, 1.82) is 0 Å². The molecular weight excluding hydrogens is 251 g/mol. The molecule has 5 nitrogen and oxygen atoms in total. The van der Waals surface area contributed by atoms with Crippen LogP contribution in [0.1, 0.15) is 31.1 Å². The van der Waals surface area contributed by atoms with E-state index in [0.29, 0.717) is 0 Å². The van der Waals surface area contributed by atoms with E-state index in [4.69, 9.17) is 5.11 Å². The highest BCUT2D eigenvalue weighted by molar-refractivity contribution is 6.00. The Bertz CT molecular complexity index is 489. The fourth-order valence-electron chi connectivity index (χ4n) is 1.38. The highest BCUT2D eigenvalue weighted by atomic mass is 19.1. The first-order chi connectivity index (χ1) is 8.82. The molecule has 1 unspecified atom stereocenters. The SMILES string of the molecule is CC(C)C(C)NC(=O)Nc1cccc(F)c1C(=O)O. The molecule has 0 saturated heterocycles. The van der Waals surface area contributed by atoms with Gasteiger partial charge in [0.15, 0.2) is 0 Å². The average molecular weight is 268 g/mol. The second kappa shape index (κ2) is 6.17. The molecular formula is C13H17FN2O3. The predicted molar refractivity (Wildman–Crippen MR) is 69.8 cm³/mol. The van der Waals surface area contributed by atoms with Crippen molar-refractivity contribution in [3.8, 4) is 0 Å². The molecule has 0 fully saturated rings. The molecule has 0 aliphatic heterocycles. The van der Waals surface area contributed by atoms with E-state index in [-0.39, 0.29) is 17.6 Å². The Morgan fingerprint density at radius 1 is 1.26 bits per heavy atom. The van der Waals surface area contributed by atoms with E-state index in [0.717, 1.165) is 6.07 Å². The molecule has 1 aromatic rings. The second-order valence-electron chi connectivity index (χ2n) is 4.60. The maximum atomic E-state index is 13.4. The van der Waals surface area contributed by atoms with E-state index in [1.165, 1.54) is 12.1 Å². The Morgan fingerprint density at radius 3 is 2.42 bits per heavy atom. The van der Waals surface area contributed by atoms with Crippen LogP contribution in [0.15, 0.2) is 18.2 Å². The standard InChI is InChI=1S/C13H17FN2O3/c1-7(2)8(3)15-13(19)16-10-6-4-5-9(14)11(10)12(17)18/h4-8H,1-3H3,(H,17,18)(H2,15,16,19). The van der Waals surface area contributed by atoms with Gasteiger partial charge in [-0.2, -0.15) is 0 Å². The number of nitrogens with one attached hydrogen (secondary N) is 2. The number of carbonyl (C=O) groups is 2. The monoisotopic (exact) mass is 268 g/mol. The molecule has 0 aromatic heterocycles. The molecule has 0 aliphatic carbocycles. The highest BCUT2D eigenvalue weighted by Crippen LogP contribution is 2.18. The number of benzene rings is 1. The number of aromatic carboxylic acids is 1. The lowest BCUT2D eigenvalue weighted by Gasteiger charge is -2.18. The molecule has 1 rings (SSSR count). The maximum absolute atomic E-state index is 13.4. The summed E-state index contributed by atoms with van der Waals surface area (Å²) in [5.41, 5.74) is -0.615. The topological polar surface area (TPSA) is 78.4 Å². The van der Waals surface area contributed by atoms with Crippen molar-refractivity contribution in [2.45, 2.75) is 26.8 Å². The van der Waals surface area contributed by atoms with Crippen LogP contribution in [-0.4, -0.2) is 23.1 Å². The second-order valence-corrected chi connectivity index (χ2v) is 4.60. The molecule has 0 saturated carbocycles. The van der Waals surface area contributed by atoms with Crippen LogP contribution < -0.4 is 10.6 Å². The number of urea groups is 1. The Balaban J connectivity index is 2.86. The Morgan fingerprint density at radius 2 is 1.89 bits per heavy atom. The summed E-state index contributed by atoms with van der Waals surface area (Å²) < 4.78 is 13.4. The van der Waals surface area contributed by atoms with Crippen LogP contribution >= 0.6 is 0 Å². The zero-order valence-corrected chi connectivity index (χ0v) is 11.0. The van der Waals surface area contributed by atoms with E-state index in [1.807, 2.05) is 20.8 Å². The molecule has 0 bridgehead atoms. The molecule has 19 heavy (non-hydrogen) atoms. The van der Waals surface area contributed by atoms with Crippen molar-refractivity contribution < 1.29 is 19.1 Å². The maximum Gasteiger partial charge on any atom is 0.340 e. The Kier molecular flexibility index (Phi) is 4.86. The number of carboxylic acid groups (broad SMARTS) is 1. The number of halogens is 1. The largest absolute Gasteiger partial charge is 0.478 e. The number of carboxylic acids is 1. The van der Waals surface area contributed by atoms with Gasteiger partial charge in [0.25, 0.3) is 0 Å².